The molecule has 1 aliphatic rings. The average Bonchev–Trinajstić information content (AvgIpc) is 3.34. The van der Waals surface area contributed by atoms with E-state index in [0.717, 1.165) is 28.0 Å². The van der Waals surface area contributed by atoms with Crippen LogP contribution in [0.2, 0.25) is 0 Å². The molecule has 152 valence electrons. The van der Waals surface area contributed by atoms with Gasteiger partial charge < -0.3 is 10.6 Å². The van der Waals surface area contributed by atoms with Crippen LogP contribution in [-0.2, 0) is 4.79 Å². The van der Waals surface area contributed by atoms with E-state index in [1.54, 1.807) is 29.2 Å². The molecule has 0 bridgehead atoms. The first-order valence-electron chi connectivity index (χ1n) is 9.35. The molecular formula is C19H21BrN6O2S. The Hall–Kier alpha value is -2.30. The van der Waals surface area contributed by atoms with Crippen molar-refractivity contribution >= 4 is 55.3 Å². The van der Waals surface area contributed by atoms with Crippen LogP contribution in [0.15, 0.2) is 28.4 Å². The summed E-state index contributed by atoms with van der Waals surface area (Å²) in [4.78, 5) is 32.4. The molecule has 0 saturated carbocycles. The van der Waals surface area contributed by atoms with Gasteiger partial charge in [0.25, 0.3) is 5.91 Å². The number of hydrogen-bond acceptors (Lipinski definition) is 6. The minimum absolute atomic E-state index is 0.0801. The van der Waals surface area contributed by atoms with Gasteiger partial charge in [-0.2, -0.15) is 5.10 Å². The van der Waals surface area contributed by atoms with Crippen molar-refractivity contribution in [3.8, 4) is 0 Å². The normalized spacial score (nSPS) is 17.0. The number of aromatic nitrogens is 3. The second-order valence-electron chi connectivity index (χ2n) is 7.16. The lowest BCUT2D eigenvalue weighted by Gasteiger charge is -2.20. The third-order valence-corrected chi connectivity index (χ3v) is 6.66. The van der Waals surface area contributed by atoms with Gasteiger partial charge in [-0.1, -0.05) is 0 Å². The molecule has 1 fully saturated rings. The number of amides is 2. The molecule has 4 rings (SSSR count). The number of halogens is 1. The van der Waals surface area contributed by atoms with Crippen LogP contribution in [0.25, 0.3) is 4.83 Å². The number of anilines is 2. The molecular weight excluding hydrogens is 456 g/mol. The van der Waals surface area contributed by atoms with Gasteiger partial charge >= 0.3 is 0 Å². The fourth-order valence-corrected chi connectivity index (χ4v) is 4.89. The van der Waals surface area contributed by atoms with Gasteiger partial charge in [-0.05, 0) is 55.2 Å². The number of carbonyl (C=O) groups is 2. The van der Waals surface area contributed by atoms with Crippen LogP contribution in [0.1, 0.15) is 35.8 Å². The molecule has 1 atom stereocenters. The number of likely N-dealkylation sites (tertiary alicyclic amines) is 1. The van der Waals surface area contributed by atoms with Gasteiger partial charge in [0.1, 0.15) is 4.83 Å². The summed E-state index contributed by atoms with van der Waals surface area (Å²) in [6, 6.07) is 2.16. The molecule has 2 N–H and O–H groups in total. The SMILES string of the molecule is Cc1ncc(NC(=O)CN2CCCC2C)cc1NC(=O)c1cnn2cc(Br)sc12. The lowest BCUT2D eigenvalue weighted by atomic mass is 10.2. The van der Waals surface area contributed by atoms with Gasteiger partial charge in [0, 0.05) is 6.04 Å². The number of pyridine rings is 1. The summed E-state index contributed by atoms with van der Waals surface area (Å²) in [6.07, 6.45) is 7.20. The van der Waals surface area contributed by atoms with Gasteiger partial charge in [-0.15, -0.1) is 11.3 Å². The fourth-order valence-electron chi connectivity index (χ4n) is 3.45. The largest absolute Gasteiger partial charge is 0.324 e. The second-order valence-corrected chi connectivity index (χ2v) is 9.57. The second kappa shape index (κ2) is 8.21. The molecule has 8 nitrogen and oxygen atoms in total. The molecule has 1 saturated heterocycles. The third kappa shape index (κ3) is 4.34. The smallest absolute Gasteiger partial charge is 0.260 e. The maximum absolute atomic E-state index is 12.8. The number of nitrogens with zero attached hydrogens (tertiary/aromatic N) is 4. The highest BCUT2D eigenvalue weighted by Gasteiger charge is 2.22. The zero-order valence-electron chi connectivity index (χ0n) is 16.1. The van der Waals surface area contributed by atoms with Crippen LogP contribution in [0.5, 0.6) is 0 Å². The van der Waals surface area contributed by atoms with Crippen LogP contribution in [0.4, 0.5) is 11.4 Å². The number of carbonyl (C=O) groups excluding carboxylic acids is 2. The molecule has 3 aromatic rings. The molecule has 2 amide bonds. The topological polar surface area (TPSA) is 91.6 Å². The molecule has 0 spiro atoms. The average molecular weight is 477 g/mol. The van der Waals surface area contributed by atoms with E-state index in [0.29, 0.717) is 35.2 Å². The Morgan fingerprint density at radius 3 is 2.93 bits per heavy atom. The van der Waals surface area contributed by atoms with Gasteiger partial charge in [0.2, 0.25) is 5.91 Å². The van der Waals surface area contributed by atoms with E-state index in [-0.39, 0.29) is 11.8 Å². The summed E-state index contributed by atoms with van der Waals surface area (Å²) in [7, 11) is 0. The van der Waals surface area contributed by atoms with Crippen molar-refractivity contribution in [2.24, 2.45) is 0 Å². The molecule has 1 aliphatic heterocycles. The maximum Gasteiger partial charge on any atom is 0.260 e. The van der Waals surface area contributed by atoms with E-state index in [9.17, 15) is 9.59 Å². The summed E-state index contributed by atoms with van der Waals surface area (Å²) >= 11 is 4.84. The highest BCUT2D eigenvalue weighted by Crippen LogP contribution is 2.27. The number of rotatable bonds is 5. The summed E-state index contributed by atoms with van der Waals surface area (Å²) < 4.78 is 2.55. The molecule has 0 aromatic carbocycles. The Morgan fingerprint density at radius 2 is 2.17 bits per heavy atom. The molecule has 29 heavy (non-hydrogen) atoms. The number of thiazole rings is 1. The first kappa shape index (κ1) is 20.0. The number of nitrogens with one attached hydrogen (secondary N) is 2. The lowest BCUT2D eigenvalue weighted by Crippen LogP contribution is -2.35. The molecule has 3 aromatic heterocycles. The molecule has 0 aliphatic carbocycles. The van der Waals surface area contributed by atoms with Crippen molar-refractivity contribution in [3.63, 3.8) is 0 Å². The van der Waals surface area contributed by atoms with E-state index >= 15 is 0 Å². The van der Waals surface area contributed by atoms with Crippen LogP contribution < -0.4 is 10.6 Å². The van der Waals surface area contributed by atoms with E-state index in [2.05, 4.69) is 48.5 Å². The molecule has 0 radical (unpaired) electrons. The van der Waals surface area contributed by atoms with Crippen molar-refractivity contribution in [1.29, 1.82) is 0 Å². The zero-order valence-corrected chi connectivity index (χ0v) is 18.5. The zero-order chi connectivity index (χ0) is 20.5. The quantitative estimate of drug-likeness (QED) is 0.587. The van der Waals surface area contributed by atoms with Crippen LogP contribution in [0, 0.1) is 6.92 Å². The van der Waals surface area contributed by atoms with Gasteiger partial charge in [0.15, 0.2) is 0 Å². The molecule has 4 heterocycles. The third-order valence-electron chi connectivity index (χ3n) is 5.07. The minimum atomic E-state index is -0.270. The fraction of sp³-hybridized carbons (Fsp3) is 0.368. The Morgan fingerprint density at radius 1 is 1.34 bits per heavy atom. The first-order valence-corrected chi connectivity index (χ1v) is 11.0. The summed E-state index contributed by atoms with van der Waals surface area (Å²) in [5.41, 5.74) is 2.26. The Labute approximate surface area is 180 Å². The maximum atomic E-state index is 12.8. The number of aryl methyl sites for hydroxylation is 1. The number of hydrogen-bond donors (Lipinski definition) is 2. The predicted octanol–water partition coefficient (Wildman–Crippen LogP) is 3.54. The summed E-state index contributed by atoms with van der Waals surface area (Å²) in [5.74, 6) is -0.350. The van der Waals surface area contributed by atoms with Crippen molar-refractivity contribution < 1.29 is 9.59 Å². The predicted molar refractivity (Wildman–Crippen MR) is 117 cm³/mol. The van der Waals surface area contributed by atoms with Crippen LogP contribution >= 0.6 is 27.3 Å². The summed E-state index contributed by atoms with van der Waals surface area (Å²) in [5, 5.41) is 9.96. The van der Waals surface area contributed by atoms with Gasteiger partial charge in [-0.3, -0.25) is 19.5 Å². The van der Waals surface area contributed by atoms with Crippen molar-refractivity contribution in [3.05, 3.63) is 39.7 Å². The highest BCUT2D eigenvalue weighted by molar-refractivity contribution is 9.11. The highest BCUT2D eigenvalue weighted by atomic mass is 79.9. The molecule has 1 unspecified atom stereocenters. The first-order chi connectivity index (χ1) is 13.9. The van der Waals surface area contributed by atoms with Crippen LogP contribution in [0.3, 0.4) is 0 Å². The monoisotopic (exact) mass is 476 g/mol. The van der Waals surface area contributed by atoms with Crippen molar-refractivity contribution in [2.75, 3.05) is 23.7 Å². The van der Waals surface area contributed by atoms with E-state index in [1.165, 1.54) is 11.3 Å². The Bertz CT molecular complexity index is 1080. The van der Waals surface area contributed by atoms with E-state index in [1.807, 2.05) is 6.92 Å². The van der Waals surface area contributed by atoms with E-state index in [4.69, 9.17) is 0 Å². The lowest BCUT2D eigenvalue weighted by molar-refractivity contribution is -0.117. The van der Waals surface area contributed by atoms with Gasteiger partial charge in [-0.25, -0.2) is 4.52 Å². The summed E-state index contributed by atoms with van der Waals surface area (Å²) in [6.45, 7) is 5.25. The van der Waals surface area contributed by atoms with Crippen molar-refractivity contribution in [1.82, 2.24) is 19.5 Å². The van der Waals surface area contributed by atoms with Crippen molar-refractivity contribution in [2.45, 2.75) is 32.7 Å². The molecule has 10 heteroatoms. The number of fused-ring (bicyclic) bond motifs is 1. The van der Waals surface area contributed by atoms with Gasteiger partial charge in [0.05, 0.1) is 51.6 Å². The Kier molecular flexibility index (Phi) is 5.66. The van der Waals surface area contributed by atoms with Crippen LogP contribution in [-0.4, -0.2) is 50.4 Å². The standard InChI is InChI=1S/C19H21BrN6O2S/c1-11-4-3-5-25(11)10-17(27)23-13-6-15(12(2)21-7-13)24-18(28)14-8-22-26-9-16(20)29-19(14)26/h6-9,11H,3-5,10H2,1-2H3,(H,23,27)(H,24,28). The van der Waals surface area contributed by atoms with E-state index < -0.39 is 0 Å². The minimum Gasteiger partial charge on any atom is -0.324 e. The Balaban J connectivity index is 1.46.